The fraction of sp³-hybridized carbons (Fsp3) is 0.900. The van der Waals surface area contributed by atoms with E-state index < -0.39 is 16.2 Å². The van der Waals surface area contributed by atoms with Crippen LogP contribution in [-0.2, 0) is 15.6 Å². The second-order valence-electron chi connectivity index (χ2n) is 3.34. The van der Waals surface area contributed by atoms with Gasteiger partial charge in [0, 0.05) is 22.3 Å². The lowest BCUT2D eigenvalue weighted by atomic mass is 9.79. The summed E-state index contributed by atoms with van der Waals surface area (Å²) in [6.45, 7) is 5.41. The highest BCUT2D eigenvalue weighted by Crippen LogP contribution is 2.31. The molecule has 0 atom stereocenters. The molecular weight excluding hydrogens is 200 g/mol. The van der Waals surface area contributed by atoms with Crippen molar-refractivity contribution in [3.05, 3.63) is 0 Å². The van der Waals surface area contributed by atoms with Gasteiger partial charge in [0.25, 0.3) is 0 Å². The lowest BCUT2D eigenvalue weighted by Crippen LogP contribution is -2.39. The monoisotopic (exact) mass is 220 g/mol. The number of ketones is 1. The number of rotatable bonds is 2. The molecular formula is C10H20O3S. The Balaban J connectivity index is 0.000000791. The van der Waals surface area contributed by atoms with Crippen LogP contribution in [0.3, 0.4) is 0 Å². The van der Waals surface area contributed by atoms with Gasteiger partial charge in [-0.1, -0.05) is 13.8 Å². The Morgan fingerprint density at radius 2 is 1.79 bits per heavy atom. The van der Waals surface area contributed by atoms with E-state index in [1.165, 1.54) is 6.92 Å². The van der Waals surface area contributed by atoms with Crippen LogP contribution in [0.25, 0.3) is 0 Å². The number of hydrogen-bond donors (Lipinski definition) is 1. The van der Waals surface area contributed by atoms with Crippen molar-refractivity contribution in [2.45, 2.75) is 33.6 Å². The molecule has 0 unspecified atom stereocenters. The molecule has 4 heteroatoms. The quantitative estimate of drug-likeness (QED) is 0.759. The van der Waals surface area contributed by atoms with Crippen LogP contribution in [0.5, 0.6) is 0 Å². The minimum atomic E-state index is -0.768. The Morgan fingerprint density at radius 1 is 1.36 bits per heavy atom. The second-order valence-corrected chi connectivity index (χ2v) is 5.04. The molecule has 0 aromatic rings. The van der Waals surface area contributed by atoms with Crippen LogP contribution in [0.15, 0.2) is 0 Å². The van der Waals surface area contributed by atoms with Crippen molar-refractivity contribution < 1.29 is 14.1 Å². The standard InChI is InChI=1S/C8H14O3S.C2H6/c1-7(10)8(6-9)2-4-12(11)5-3-8;1-2/h9H,2-6H2,1H3;1-2H3. The van der Waals surface area contributed by atoms with E-state index in [0.29, 0.717) is 24.3 Å². The lowest BCUT2D eigenvalue weighted by Gasteiger charge is -2.32. The molecule has 14 heavy (non-hydrogen) atoms. The summed E-state index contributed by atoms with van der Waals surface area (Å²) in [6.07, 6.45) is 1.15. The van der Waals surface area contributed by atoms with E-state index in [-0.39, 0.29) is 12.4 Å². The van der Waals surface area contributed by atoms with Gasteiger partial charge in [0.15, 0.2) is 0 Å². The zero-order chi connectivity index (χ0) is 11.2. The maximum atomic E-state index is 11.2. The molecule has 0 radical (unpaired) electrons. The van der Waals surface area contributed by atoms with Gasteiger partial charge in [-0.25, -0.2) is 0 Å². The fourth-order valence-corrected chi connectivity index (χ4v) is 2.91. The normalized spacial score (nSPS) is 31.6. The van der Waals surface area contributed by atoms with Gasteiger partial charge in [-0.3, -0.25) is 9.00 Å². The van der Waals surface area contributed by atoms with Crippen LogP contribution in [0, 0.1) is 5.41 Å². The Kier molecular flexibility index (Phi) is 6.20. The van der Waals surface area contributed by atoms with Gasteiger partial charge in [-0.15, -0.1) is 0 Å². The zero-order valence-electron chi connectivity index (χ0n) is 9.21. The summed E-state index contributed by atoms with van der Waals surface area (Å²) in [6, 6.07) is 0. The van der Waals surface area contributed by atoms with Crippen LogP contribution in [0.2, 0.25) is 0 Å². The summed E-state index contributed by atoms with van der Waals surface area (Å²) >= 11 is 0. The van der Waals surface area contributed by atoms with Crippen molar-refractivity contribution >= 4 is 16.6 Å². The number of Topliss-reactive ketones (excluding diaryl/α,β-unsaturated/α-hetero) is 1. The average Bonchev–Trinajstić information content (AvgIpc) is 2.22. The van der Waals surface area contributed by atoms with E-state index in [9.17, 15) is 9.00 Å². The third-order valence-corrected chi connectivity index (χ3v) is 3.99. The van der Waals surface area contributed by atoms with E-state index >= 15 is 0 Å². The van der Waals surface area contributed by atoms with Crippen molar-refractivity contribution in [2.24, 2.45) is 5.41 Å². The highest BCUT2D eigenvalue weighted by atomic mass is 32.2. The molecule has 1 heterocycles. The molecule has 0 bridgehead atoms. The van der Waals surface area contributed by atoms with Crippen LogP contribution in [0.1, 0.15) is 33.6 Å². The predicted octanol–water partition coefficient (Wildman–Crippen LogP) is 1.12. The van der Waals surface area contributed by atoms with E-state index in [2.05, 4.69) is 0 Å². The molecule has 1 fully saturated rings. The van der Waals surface area contributed by atoms with Crippen LogP contribution < -0.4 is 0 Å². The number of carbonyl (C=O) groups is 1. The second kappa shape index (κ2) is 6.30. The molecule has 1 aliphatic heterocycles. The number of aliphatic hydroxyl groups is 1. The van der Waals surface area contributed by atoms with Crippen molar-refractivity contribution in [1.82, 2.24) is 0 Å². The van der Waals surface area contributed by atoms with Gasteiger partial charge < -0.3 is 5.11 Å². The van der Waals surface area contributed by atoms with Crippen LogP contribution >= 0.6 is 0 Å². The first-order valence-electron chi connectivity index (χ1n) is 5.08. The Hall–Kier alpha value is -0.220. The van der Waals surface area contributed by atoms with E-state index in [0.717, 1.165) is 0 Å². The topological polar surface area (TPSA) is 54.4 Å². The molecule has 0 amide bonds. The molecule has 3 nitrogen and oxygen atoms in total. The third kappa shape index (κ3) is 3.17. The minimum absolute atomic E-state index is 0.0294. The number of carbonyl (C=O) groups excluding carboxylic acids is 1. The molecule has 1 N–H and O–H groups in total. The van der Waals surface area contributed by atoms with Gasteiger partial charge in [-0.2, -0.15) is 0 Å². The SMILES string of the molecule is CC.CC(=O)C1(CO)CCS(=O)CC1. The molecule has 1 rings (SSSR count). The molecule has 1 saturated heterocycles. The van der Waals surface area contributed by atoms with Gasteiger partial charge >= 0.3 is 0 Å². The zero-order valence-corrected chi connectivity index (χ0v) is 10.0. The number of hydrogen-bond acceptors (Lipinski definition) is 3. The summed E-state index contributed by atoms with van der Waals surface area (Å²) in [5.41, 5.74) is -0.575. The van der Waals surface area contributed by atoms with Crippen LogP contribution in [-0.4, -0.2) is 33.2 Å². The van der Waals surface area contributed by atoms with E-state index in [1.807, 2.05) is 13.8 Å². The van der Waals surface area contributed by atoms with Crippen molar-refractivity contribution in [3.63, 3.8) is 0 Å². The Labute approximate surface area is 88.4 Å². The van der Waals surface area contributed by atoms with Crippen LogP contribution in [0.4, 0.5) is 0 Å². The van der Waals surface area contributed by atoms with Gasteiger partial charge in [0.1, 0.15) is 5.78 Å². The smallest absolute Gasteiger partial charge is 0.138 e. The van der Waals surface area contributed by atoms with E-state index in [4.69, 9.17) is 5.11 Å². The summed E-state index contributed by atoms with van der Waals surface area (Å²) in [5.74, 6) is 1.14. The third-order valence-electron chi connectivity index (χ3n) is 2.67. The summed E-state index contributed by atoms with van der Waals surface area (Å²) in [4.78, 5) is 11.2. The Bertz CT molecular complexity index is 203. The summed E-state index contributed by atoms with van der Waals surface area (Å²) < 4.78 is 11.0. The average molecular weight is 220 g/mol. The van der Waals surface area contributed by atoms with Gasteiger partial charge in [-0.05, 0) is 19.8 Å². The maximum absolute atomic E-state index is 11.2. The summed E-state index contributed by atoms with van der Waals surface area (Å²) in [5, 5.41) is 9.08. The highest BCUT2D eigenvalue weighted by molar-refractivity contribution is 7.85. The van der Waals surface area contributed by atoms with Crippen molar-refractivity contribution in [3.8, 4) is 0 Å². The predicted molar refractivity (Wildman–Crippen MR) is 58.7 cm³/mol. The molecule has 84 valence electrons. The van der Waals surface area contributed by atoms with Crippen molar-refractivity contribution in [1.29, 1.82) is 0 Å². The minimum Gasteiger partial charge on any atom is -0.395 e. The fourth-order valence-electron chi connectivity index (χ4n) is 1.47. The highest BCUT2D eigenvalue weighted by Gasteiger charge is 2.37. The number of aliphatic hydroxyl groups excluding tert-OH is 1. The molecule has 0 aromatic heterocycles. The lowest BCUT2D eigenvalue weighted by molar-refractivity contribution is -0.129. The molecule has 0 aliphatic carbocycles. The molecule has 0 spiro atoms. The molecule has 0 aromatic carbocycles. The van der Waals surface area contributed by atoms with Crippen molar-refractivity contribution in [2.75, 3.05) is 18.1 Å². The first-order chi connectivity index (χ1) is 6.60. The largest absolute Gasteiger partial charge is 0.395 e. The molecule has 0 saturated carbocycles. The van der Waals surface area contributed by atoms with E-state index in [1.54, 1.807) is 0 Å². The first-order valence-corrected chi connectivity index (χ1v) is 6.56. The Morgan fingerprint density at radius 3 is 2.07 bits per heavy atom. The maximum Gasteiger partial charge on any atom is 0.138 e. The van der Waals surface area contributed by atoms with Gasteiger partial charge in [0.2, 0.25) is 0 Å². The van der Waals surface area contributed by atoms with Gasteiger partial charge in [0.05, 0.1) is 12.0 Å². The first kappa shape index (κ1) is 13.8. The summed E-state index contributed by atoms with van der Waals surface area (Å²) in [7, 11) is -0.768. The molecule has 1 aliphatic rings.